The predicted molar refractivity (Wildman–Crippen MR) is 140 cm³/mol. The SMILES string of the molecule is CC1COC(C2CCC(C3CCC(C(F)(F)Oc4ccc(-c5ccc(OC(F)(F)F)c(F)c5)cc4)CC3)CC2)OC1. The van der Waals surface area contributed by atoms with Crippen LogP contribution >= 0.6 is 0 Å². The highest BCUT2D eigenvalue weighted by Crippen LogP contribution is 2.46. The molecule has 2 aromatic carbocycles. The van der Waals surface area contributed by atoms with Crippen LogP contribution in [0.25, 0.3) is 11.1 Å². The zero-order valence-electron chi connectivity index (χ0n) is 23.0. The van der Waals surface area contributed by atoms with Crippen LogP contribution in [-0.2, 0) is 9.47 Å². The monoisotopic (exact) mass is 586 g/mol. The Hall–Kier alpha value is -2.46. The standard InChI is InChI=1S/C31H36F6O4/c1-19-17-38-29(39-18-19)23-4-2-20(3-5-23)21-6-11-25(12-7-21)30(33,34)40-26-13-8-22(9-14-26)24-10-15-28(27(32)16-24)41-31(35,36)37/h8-10,13-16,19-21,23,25,29H,2-7,11-12,17-18H2,1H3. The summed E-state index contributed by atoms with van der Waals surface area (Å²) >= 11 is 0. The van der Waals surface area contributed by atoms with Gasteiger partial charge in [-0.1, -0.05) is 25.1 Å². The first-order valence-electron chi connectivity index (χ1n) is 14.4. The van der Waals surface area contributed by atoms with E-state index in [1.807, 2.05) is 0 Å². The average molecular weight is 587 g/mol. The molecule has 4 nitrogen and oxygen atoms in total. The summed E-state index contributed by atoms with van der Waals surface area (Å²) < 4.78 is 102. The largest absolute Gasteiger partial charge is 0.573 e. The molecule has 3 aliphatic rings. The Morgan fingerprint density at radius 2 is 1.22 bits per heavy atom. The van der Waals surface area contributed by atoms with Gasteiger partial charge in [0.25, 0.3) is 0 Å². The van der Waals surface area contributed by atoms with E-state index < -0.39 is 30.0 Å². The fourth-order valence-electron chi connectivity index (χ4n) is 6.55. The molecule has 0 bridgehead atoms. The maximum Gasteiger partial charge on any atom is 0.573 e. The number of ether oxygens (including phenoxy) is 4. The van der Waals surface area contributed by atoms with Crippen LogP contribution in [0.5, 0.6) is 11.5 Å². The minimum atomic E-state index is -5.01. The zero-order valence-corrected chi connectivity index (χ0v) is 23.0. The van der Waals surface area contributed by atoms with E-state index in [4.69, 9.17) is 14.2 Å². The second kappa shape index (κ2) is 12.4. The zero-order chi connectivity index (χ0) is 29.2. The van der Waals surface area contributed by atoms with E-state index in [0.717, 1.165) is 63.9 Å². The van der Waals surface area contributed by atoms with E-state index in [9.17, 15) is 17.6 Å². The van der Waals surface area contributed by atoms with E-state index in [2.05, 4.69) is 11.7 Å². The highest BCUT2D eigenvalue weighted by molar-refractivity contribution is 5.65. The third-order valence-corrected chi connectivity index (χ3v) is 8.80. The van der Waals surface area contributed by atoms with Gasteiger partial charge in [0.05, 0.1) is 19.1 Å². The van der Waals surface area contributed by atoms with Crippen molar-refractivity contribution < 1.29 is 45.3 Å². The third kappa shape index (κ3) is 7.69. The van der Waals surface area contributed by atoms with Gasteiger partial charge in [-0.3, -0.25) is 0 Å². The van der Waals surface area contributed by atoms with Crippen molar-refractivity contribution in [3.05, 3.63) is 48.3 Å². The molecule has 1 aliphatic heterocycles. The maximum absolute atomic E-state index is 15.1. The normalized spacial score (nSPS) is 29.6. The lowest BCUT2D eigenvalue weighted by atomic mass is 9.69. The first-order chi connectivity index (χ1) is 19.5. The number of alkyl halides is 5. The maximum atomic E-state index is 15.1. The van der Waals surface area contributed by atoms with Crippen LogP contribution in [0.4, 0.5) is 26.3 Å². The topological polar surface area (TPSA) is 36.9 Å². The van der Waals surface area contributed by atoms with Gasteiger partial charge in [-0.2, -0.15) is 8.78 Å². The third-order valence-electron chi connectivity index (χ3n) is 8.80. The van der Waals surface area contributed by atoms with Gasteiger partial charge >= 0.3 is 12.5 Å². The molecule has 1 saturated heterocycles. The molecule has 2 saturated carbocycles. The van der Waals surface area contributed by atoms with Crippen molar-refractivity contribution in [3.8, 4) is 22.6 Å². The highest BCUT2D eigenvalue weighted by Gasteiger charge is 2.45. The van der Waals surface area contributed by atoms with Crippen LogP contribution in [0, 0.1) is 35.4 Å². The molecular weight excluding hydrogens is 550 g/mol. The quantitative estimate of drug-likeness (QED) is 0.304. The molecule has 226 valence electrons. The molecule has 0 spiro atoms. The summed E-state index contributed by atoms with van der Waals surface area (Å²) in [5.41, 5.74) is 0.709. The van der Waals surface area contributed by atoms with Crippen LogP contribution < -0.4 is 9.47 Å². The Kier molecular flexibility index (Phi) is 9.09. The summed E-state index contributed by atoms with van der Waals surface area (Å²) in [6.07, 6.45) is -1.87. The van der Waals surface area contributed by atoms with Crippen molar-refractivity contribution in [3.63, 3.8) is 0 Å². The minimum Gasteiger partial charge on any atom is -0.432 e. The first-order valence-corrected chi connectivity index (χ1v) is 14.4. The Labute approximate surface area is 236 Å². The highest BCUT2D eigenvalue weighted by atomic mass is 19.4. The van der Waals surface area contributed by atoms with Crippen LogP contribution in [0.3, 0.4) is 0 Å². The molecule has 41 heavy (non-hydrogen) atoms. The van der Waals surface area contributed by atoms with Gasteiger partial charge in [0.1, 0.15) is 5.75 Å². The van der Waals surface area contributed by atoms with Crippen LogP contribution in [0.2, 0.25) is 0 Å². The Morgan fingerprint density at radius 3 is 1.78 bits per heavy atom. The second-order valence-corrected chi connectivity index (χ2v) is 11.8. The molecular formula is C31H36F6O4. The van der Waals surface area contributed by atoms with Crippen LogP contribution in [0.1, 0.15) is 58.3 Å². The minimum absolute atomic E-state index is 0.0294. The van der Waals surface area contributed by atoms with Crippen molar-refractivity contribution >= 4 is 0 Å². The lowest BCUT2D eigenvalue weighted by Gasteiger charge is -2.41. The summed E-state index contributed by atoms with van der Waals surface area (Å²) in [5.74, 6) is -1.19. The number of halogens is 6. The van der Waals surface area contributed by atoms with Crippen LogP contribution in [0.15, 0.2) is 42.5 Å². The Bertz CT molecular complexity index is 1130. The van der Waals surface area contributed by atoms with E-state index in [-0.39, 0.29) is 17.6 Å². The summed E-state index contributed by atoms with van der Waals surface area (Å²) in [7, 11) is 0. The molecule has 1 heterocycles. The molecule has 2 aromatic rings. The van der Waals surface area contributed by atoms with E-state index in [0.29, 0.717) is 42.1 Å². The number of benzene rings is 2. The van der Waals surface area contributed by atoms with E-state index >= 15 is 8.78 Å². The number of hydrogen-bond acceptors (Lipinski definition) is 4. The number of hydrogen-bond donors (Lipinski definition) is 0. The van der Waals surface area contributed by atoms with Crippen molar-refractivity contribution in [1.82, 2.24) is 0 Å². The molecule has 0 N–H and O–H groups in total. The van der Waals surface area contributed by atoms with E-state index in [1.54, 1.807) is 0 Å². The van der Waals surface area contributed by atoms with Crippen molar-refractivity contribution in [2.45, 2.75) is 77.1 Å². The molecule has 2 aliphatic carbocycles. The molecule has 0 unspecified atom stereocenters. The van der Waals surface area contributed by atoms with Crippen LogP contribution in [-0.4, -0.2) is 32.0 Å². The smallest absolute Gasteiger partial charge is 0.432 e. The summed E-state index contributed by atoms with van der Waals surface area (Å²) in [5, 5.41) is 0. The molecule has 0 atom stereocenters. The second-order valence-electron chi connectivity index (χ2n) is 11.8. The average Bonchev–Trinajstić information content (AvgIpc) is 2.94. The summed E-state index contributed by atoms with van der Waals surface area (Å²) in [6.45, 7) is 3.60. The Balaban J connectivity index is 1.10. The van der Waals surface area contributed by atoms with Crippen molar-refractivity contribution in [2.75, 3.05) is 13.2 Å². The summed E-state index contributed by atoms with van der Waals surface area (Å²) in [6, 6.07) is 8.66. The van der Waals surface area contributed by atoms with Gasteiger partial charge < -0.3 is 18.9 Å². The molecule has 3 fully saturated rings. The predicted octanol–water partition coefficient (Wildman–Crippen LogP) is 8.98. The molecule has 0 aromatic heterocycles. The van der Waals surface area contributed by atoms with Crippen molar-refractivity contribution in [1.29, 1.82) is 0 Å². The van der Waals surface area contributed by atoms with Gasteiger partial charge in [0, 0.05) is 11.8 Å². The lowest BCUT2D eigenvalue weighted by molar-refractivity contribution is -0.275. The van der Waals surface area contributed by atoms with Gasteiger partial charge in [-0.15, -0.1) is 13.2 Å². The van der Waals surface area contributed by atoms with Gasteiger partial charge in [-0.05, 0) is 98.6 Å². The fraction of sp³-hybridized carbons (Fsp3) is 0.613. The van der Waals surface area contributed by atoms with Crippen molar-refractivity contribution in [2.24, 2.45) is 29.6 Å². The summed E-state index contributed by atoms with van der Waals surface area (Å²) in [4.78, 5) is 0. The van der Waals surface area contributed by atoms with Gasteiger partial charge in [-0.25, -0.2) is 4.39 Å². The first kappa shape index (κ1) is 30.0. The fourth-order valence-corrected chi connectivity index (χ4v) is 6.55. The number of rotatable bonds is 7. The van der Waals surface area contributed by atoms with E-state index in [1.165, 1.54) is 30.3 Å². The molecule has 0 amide bonds. The van der Waals surface area contributed by atoms with Gasteiger partial charge in [0.2, 0.25) is 0 Å². The van der Waals surface area contributed by atoms with Gasteiger partial charge in [0.15, 0.2) is 17.9 Å². The lowest BCUT2D eigenvalue weighted by Crippen LogP contribution is -2.40. The molecule has 0 radical (unpaired) electrons. The molecule has 10 heteroatoms. The Morgan fingerprint density at radius 1 is 0.683 bits per heavy atom. The molecule has 5 rings (SSSR count).